The van der Waals surface area contributed by atoms with Crippen molar-refractivity contribution in [3.8, 4) is 0 Å². The zero-order chi connectivity index (χ0) is 13.3. The van der Waals surface area contributed by atoms with Crippen LogP contribution in [0.25, 0.3) is 0 Å². The van der Waals surface area contributed by atoms with Gasteiger partial charge < -0.3 is 15.0 Å². The van der Waals surface area contributed by atoms with E-state index in [2.05, 4.69) is 5.32 Å². The first-order valence-electron chi connectivity index (χ1n) is 6.78. The molecule has 0 radical (unpaired) electrons. The van der Waals surface area contributed by atoms with Gasteiger partial charge in [0.05, 0.1) is 12.6 Å². The van der Waals surface area contributed by atoms with Crippen LogP contribution in [-0.2, 0) is 14.3 Å². The molecule has 1 N–H and O–H groups in total. The molecule has 18 heavy (non-hydrogen) atoms. The Kier molecular flexibility index (Phi) is 3.61. The van der Waals surface area contributed by atoms with Crippen molar-refractivity contribution in [2.45, 2.75) is 57.7 Å². The molecule has 2 amide bonds. The quantitative estimate of drug-likeness (QED) is 0.806. The Bertz CT molecular complexity index is 346. The lowest BCUT2D eigenvalue weighted by molar-refractivity contribution is -0.161. The zero-order valence-electron chi connectivity index (χ0n) is 11.4. The largest absolute Gasteiger partial charge is 0.379 e. The van der Waals surface area contributed by atoms with Crippen molar-refractivity contribution in [1.82, 2.24) is 10.2 Å². The molecule has 2 aliphatic rings. The highest BCUT2D eigenvalue weighted by molar-refractivity contribution is 5.99. The lowest BCUT2D eigenvalue weighted by atomic mass is 9.84. The lowest BCUT2D eigenvalue weighted by Crippen LogP contribution is -2.72. The topological polar surface area (TPSA) is 58.6 Å². The Morgan fingerprint density at radius 1 is 1.39 bits per heavy atom. The minimum Gasteiger partial charge on any atom is -0.379 e. The second-order valence-corrected chi connectivity index (χ2v) is 5.16. The van der Waals surface area contributed by atoms with Gasteiger partial charge in [-0.1, -0.05) is 13.8 Å². The standard InChI is InChI=1S/C13H22N2O3/c1-4-13(5-2)12(17)14-9(3)11(16)15(13)10-6-7-18-8-10/h9-10H,4-8H2,1-3H3,(H,14,17). The fourth-order valence-corrected chi connectivity index (χ4v) is 3.09. The third kappa shape index (κ3) is 1.81. The van der Waals surface area contributed by atoms with Gasteiger partial charge in [0.1, 0.15) is 11.6 Å². The predicted molar refractivity (Wildman–Crippen MR) is 67.0 cm³/mol. The number of piperazine rings is 1. The summed E-state index contributed by atoms with van der Waals surface area (Å²) in [5.74, 6) is 0.000278. The number of ether oxygens (including phenoxy) is 1. The molecule has 2 atom stereocenters. The number of carbonyl (C=O) groups excluding carboxylic acids is 2. The normalized spacial score (nSPS) is 31.6. The molecule has 0 aromatic carbocycles. The molecule has 2 heterocycles. The highest BCUT2D eigenvalue weighted by atomic mass is 16.5. The van der Waals surface area contributed by atoms with Crippen LogP contribution in [0, 0.1) is 0 Å². The highest BCUT2D eigenvalue weighted by Gasteiger charge is 2.52. The van der Waals surface area contributed by atoms with Crippen LogP contribution in [-0.4, -0.2) is 47.6 Å². The summed E-state index contributed by atoms with van der Waals surface area (Å²) in [6.07, 6.45) is 2.11. The van der Waals surface area contributed by atoms with E-state index in [1.54, 1.807) is 6.92 Å². The number of nitrogens with one attached hydrogen (secondary N) is 1. The Morgan fingerprint density at radius 2 is 2.06 bits per heavy atom. The molecule has 0 bridgehead atoms. The van der Waals surface area contributed by atoms with Gasteiger partial charge in [-0.3, -0.25) is 9.59 Å². The highest BCUT2D eigenvalue weighted by Crippen LogP contribution is 2.33. The molecule has 0 spiro atoms. The molecule has 5 nitrogen and oxygen atoms in total. The van der Waals surface area contributed by atoms with E-state index in [-0.39, 0.29) is 17.9 Å². The molecule has 0 aromatic heterocycles. The van der Waals surface area contributed by atoms with Gasteiger partial charge >= 0.3 is 0 Å². The summed E-state index contributed by atoms with van der Waals surface area (Å²) < 4.78 is 5.39. The van der Waals surface area contributed by atoms with E-state index in [0.29, 0.717) is 26.1 Å². The summed E-state index contributed by atoms with van der Waals surface area (Å²) in [6.45, 7) is 6.91. The van der Waals surface area contributed by atoms with Crippen molar-refractivity contribution in [1.29, 1.82) is 0 Å². The number of rotatable bonds is 3. The van der Waals surface area contributed by atoms with Gasteiger partial charge in [0, 0.05) is 6.61 Å². The first-order chi connectivity index (χ1) is 8.56. The monoisotopic (exact) mass is 254 g/mol. The van der Waals surface area contributed by atoms with Crippen LogP contribution in [0.15, 0.2) is 0 Å². The fraction of sp³-hybridized carbons (Fsp3) is 0.846. The number of amides is 2. The molecule has 2 unspecified atom stereocenters. The van der Waals surface area contributed by atoms with Crippen LogP contribution >= 0.6 is 0 Å². The molecule has 102 valence electrons. The van der Waals surface area contributed by atoms with E-state index in [4.69, 9.17) is 4.74 Å². The van der Waals surface area contributed by atoms with Crippen molar-refractivity contribution >= 4 is 11.8 Å². The molecular formula is C13H22N2O3. The maximum absolute atomic E-state index is 12.4. The number of hydrogen-bond donors (Lipinski definition) is 1. The molecule has 2 aliphatic heterocycles. The van der Waals surface area contributed by atoms with Crippen molar-refractivity contribution in [2.75, 3.05) is 13.2 Å². The second kappa shape index (κ2) is 4.88. The predicted octanol–water partition coefficient (Wildman–Crippen LogP) is 0.681. The van der Waals surface area contributed by atoms with Crippen LogP contribution < -0.4 is 5.32 Å². The maximum Gasteiger partial charge on any atom is 0.246 e. The van der Waals surface area contributed by atoms with Crippen LogP contribution in [0.2, 0.25) is 0 Å². The minimum atomic E-state index is -0.692. The zero-order valence-corrected chi connectivity index (χ0v) is 11.4. The molecule has 5 heteroatoms. The fourth-order valence-electron chi connectivity index (χ4n) is 3.09. The smallest absolute Gasteiger partial charge is 0.246 e. The molecule has 2 rings (SSSR count). The molecule has 0 saturated carbocycles. The summed E-state index contributed by atoms with van der Waals surface area (Å²) in [6, 6.07) is -0.379. The molecule has 2 saturated heterocycles. The first-order valence-corrected chi connectivity index (χ1v) is 6.78. The third-order valence-electron chi connectivity index (χ3n) is 4.28. The Labute approximate surface area is 108 Å². The van der Waals surface area contributed by atoms with E-state index in [1.165, 1.54) is 0 Å². The summed E-state index contributed by atoms with van der Waals surface area (Å²) in [7, 11) is 0. The molecule has 0 aliphatic carbocycles. The van der Waals surface area contributed by atoms with Crippen LogP contribution in [0.4, 0.5) is 0 Å². The number of nitrogens with zero attached hydrogens (tertiary/aromatic N) is 1. The van der Waals surface area contributed by atoms with Crippen LogP contribution in [0.5, 0.6) is 0 Å². The summed E-state index contributed by atoms with van der Waals surface area (Å²) >= 11 is 0. The maximum atomic E-state index is 12.4. The van der Waals surface area contributed by atoms with E-state index in [9.17, 15) is 9.59 Å². The van der Waals surface area contributed by atoms with Crippen LogP contribution in [0.3, 0.4) is 0 Å². The summed E-state index contributed by atoms with van der Waals surface area (Å²) in [5.41, 5.74) is -0.692. The number of hydrogen-bond acceptors (Lipinski definition) is 3. The van der Waals surface area contributed by atoms with Crippen molar-refractivity contribution in [3.05, 3.63) is 0 Å². The average Bonchev–Trinajstić information content (AvgIpc) is 2.87. The van der Waals surface area contributed by atoms with E-state index >= 15 is 0 Å². The van der Waals surface area contributed by atoms with E-state index in [0.717, 1.165) is 6.42 Å². The van der Waals surface area contributed by atoms with E-state index in [1.807, 2.05) is 18.7 Å². The van der Waals surface area contributed by atoms with Gasteiger partial charge in [-0.25, -0.2) is 0 Å². The van der Waals surface area contributed by atoms with Crippen LogP contribution in [0.1, 0.15) is 40.0 Å². The van der Waals surface area contributed by atoms with Crippen molar-refractivity contribution in [2.24, 2.45) is 0 Å². The summed E-state index contributed by atoms with van der Waals surface area (Å²) in [4.78, 5) is 26.6. The average molecular weight is 254 g/mol. The van der Waals surface area contributed by atoms with Gasteiger partial charge in [0.2, 0.25) is 11.8 Å². The second-order valence-electron chi connectivity index (χ2n) is 5.16. The first kappa shape index (κ1) is 13.3. The molecule has 0 aromatic rings. The van der Waals surface area contributed by atoms with E-state index < -0.39 is 11.6 Å². The van der Waals surface area contributed by atoms with Gasteiger partial charge in [0.15, 0.2) is 0 Å². The molecule has 2 fully saturated rings. The third-order valence-corrected chi connectivity index (χ3v) is 4.28. The Hall–Kier alpha value is -1.10. The lowest BCUT2D eigenvalue weighted by Gasteiger charge is -2.49. The van der Waals surface area contributed by atoms with Crippen molar-refractivity contribution < 1.29 is 14.3 Å². The van der Waals surface area contributed by atoms with Gasteiger partial charge in [-0.2, -0.15) is 0 Å². The summed E-state index contributed by atoms with van der Waals surface area (Å²) in [5, 5.41) is 2.80. The minimum absolute atomic E-state index is 0.0218. The number of carbonyl (C=O) groups is 2. The molecular weight excluding hydrogens is 232 g/mol. The van der Waals surface area contributed by atoms with Crippen molar-refractivity contribution in [3.63, 3.8) is 0 Å². The van der Waals surface area contributed by atoms with Gasteiger partial charge in [-0.15, -0.1) is 0 Å². The Morgan fingerprint density at radius 3 is 2.56 bits per heavy atom. The SMILES string of the molecule is CCC1(CC)C(=O)NC(C)C(=O)N1C1CCOC1. The van der Waals surface area contributed by atoms with Gasteiger partial charge in [-0.05, 0) is 26.2 Å². The van der Waals surface area contributed by atoms with Gasteiger partial charge in [0.25, 0.3) is 0 Å². The Balaban J connectivity index is 2.38.